The smallest absolute Gasteiger partial charge is 0.122 e. The average molecular weight is 240 g/mol. The fourth-order valence-electron chi connectivity index (χ4n) is 2.11. The molecule has 0 aliphatic carbocycles. The number of ether oxygens (including phenoxy) is 1. The lowest BCUT2D eigenvalue weighted by atomic mass is 10.0. The molecule has 1 aromatic rings. The summed E-state index contributed by atoms with van der Waals surface area (Å²) in [5.74, 6) is 1.46. The number of nitrogens with two attached hydrogens (primary N) is 1. The first kappa shape index (κ1) is 14.2. The number of nitrogens with zero attached hydrogens (tertiary/aromatic N) is 3. The van der Waals surface area contributed by atoms with Crippen LogP contribution in [0.4, 0.5) is 0 Å². The van der Waals surface area contributed by atoms with Crippen molar-refractivity contribution in [3.05, 3.63) is 18.2 Å². The van der Waals surface area contributed by atoms with E-state index in [-0.39, 0.29) is 0 Å². The van der Waals surface area contributed by atoms with E-state index in [9.17, 15) is 0 Å². The van der Waals surface area contributed by atoms with Crippen LogP contribution in [-0.2, 0) is 18.3 Å². The molecule has 98 valence electrons. The monoisotopic (exact) mass is 240 g/mol. The topological polar surface area (TPSA) is 56.3 Å². The Morgan fingerprint density at radius 2 is 2.29 bits per heavy atom. The van der Waals surface area contributed by atoms with E-state index < -0.39 is 0 Å². The van der Waals surface area contributed by atoms with Crippen molar-refractivity contribution in [1.82, 2.24) is 14.5 Å². The summed E-state index contributed by atoms with van der Waals surface area (Å²) in [6.45, 7) is 4.33. The molecule has 0 aliphatic heterocycles. The predicted molar refractivity (Wildman–Crippen MR) is 68.6 cm³/mol. The van der Waals surface area contributed by atoms with E-state index in [0.29, 0.717) is 18.5 Å². The van der Waals surface area contributed by atoms with Crippen molar-refractivity contribution >= 4 is 0 Å². The van der Waals surface area contributed by atoms with Crippen LogP contribution >= 0.6 is 0 Å². The predicted octanol–water partition coefficient (Wildman–Crippen LogP) is 0.462. The van der Waals surface area contributed by atoms with Gasteiger partial charge in [-0.25, -0.2) is 4.98 Å². The lowest BCUT2D eigenvalue weighted by Crippen LogP contribution is -2.43. The molecule has 2 atom stereocenters. The van der Waals surface area contributed by atoms with E-state index in [1.165, 1.54) is 0 Å². The highest BCUT2D eigenvalue weighted by Crippen LogP contribution is 2.12. The summed E-state index contributed by atoms with van der Waals surface area (Å²) < 4.78 is 7.23. The van der Waals surface area contributed by atoms with E-state index in [0.717, 1.165) is 19.0 Å². The van der Waals surface area contributed by atoms with Crippen LogP contribution in [0.15, 0.2) is 12.4 Å². The maximum absolute atomic E-state index is 5.85. The summed E-state index contributed by atoms with van der Waals surface area (Å²) >= 11 is 0. The van der Waals surface area contributed by atoms with Gasteiger partial charge < -0.3 is 15.0 Å². The average Bonchev–Trinajstić information content (AvgIpc) is 2.66. The molecule has 0 saturated heterocycles. The largest absolute Gasteiger partial charge is 0.384 e. The Morgan fingerprint density at radius 1 is 1.59 bits per heavy atom. The van der Waals surface area contributed by atoms with Gasteiger partial charge in [0.2, 0.25) is 0 Å². The van der Waals surface area contributed by atoms with Crippen molar-refractivity contribution in [2.75, 3.05) is 27.3 Å². The minimum atomic E-state index is 0.312. The molecule has 0 fully saturated rings. The molecule has 1 heterocycles. The van der Waals surface area contributed by atoms with E-state index in [1.807, 2.05) is 24.0 Å². The zero-order valence-electron chi connectivity index (χ0n) is 11.3. The lowest BCUT2D eigenvalue weighted by Gasteiger charge is -2.31. The first-order valence-corrected chi connectivity index (χ1v) is 5.95. The minimum Gasteiger partial charge on any atom is -0.384 e. The number of aryl methyl sites for hydroxylation is 1. The number of methoxy groups -OCH3 is 1. The highest BCUT2D eigenvalue weighted by Gasteiger charge is 2.21. The van der Waals surface area contributed by atoms with E-state index >= 15 is 0 Å². The summed E-state index contributed by atoms with van der Waals surface area (Å²) in [5, 5.41) is 0. The number of aromatic nitrogens is 2. The number of likely N-dealkylation sites (N-methyl/N-ethyl adjacent to an activating group) is 1. The third kappa shape index (κ3) is 3.80. The fraction of sp³-hybridized carbons (Fsp3) is 0.750. The Bertz CT molecular complexity index is 326. The number of hydrogen-bond donors (Lipinski definition) is 1. The van der Waals surface area contributed by atoms with Crippen LogP contribution in [0, 0.1) is 5.92 Å². The Morgan fingerprint density at radius 3 is 2.76 bits per heavy atom. The highest BCUT2D eigenvalue weighted by atomic mass is 16.5. The molecule has 1 aromatic heterocycles. The highest BCUT2D eigenvalue weighted by molar-refractivity contribution is 4.92. The maximum Gasteiger partial charge on any atom is 0.122 e. The summed E-state index contributed by atoms with van der Waals surface area (Å²) in [5.41, 5.74) is 5.85. The summed E-state index contributed by atoms with van der Waals surface area (Å²) in [7, 11) is 5.81. The molecular weight excluding hydrogens is 216 g/mol. The lowest BCUT2D eigenvalue weighted by molar-refractivity contribution is 0.0937. The summed E-state index contributed by atoms with van der Waals surface area (Å²) in [6, 6.07) is 0.312. The van der Waals surface area contributed by atoms with Gasteiger partial charge in [-0.15, -0.1) is 0 Å². The molecule has 17 heavy (non-hydrogen) atoms. The molecule has 0 saturated carbocycles. The molecule has 2 N–H and O–H groups in total. The van der Waals surface area contributed by atoms with Crippen molar-refractivity contribution in [1.29, 1.82) is 0 Å². The van der Waals surface area contributed by atoms with E-state index in [1.54, 1.807) is 7.11 Å². The van der Waals surface area contributed by atoms with Gasteiger partial charge in [0.15, 0.2) is 0 Å². The van der Waals surface area contributed by atoms with Crippen LogP contribution in [0.1, 0.15) is 12.7 Å². The SMILES string of the molecule is COCC(C)C(CN)N(C)Cc1nccn1C. The standard InChI is InChI=1S/C12H24N4O/c1-10(9-17-4)11(7-13)16(3)8-12-14-5-6-15(12)2/h5-6,10-11H,7-9,13H2,1-4H3. The number of rotatable bonds is 7. The van der Waals surface area contributed by atoms with Crippen molar-refractivity contribution in [2.45, 2.75) is 19.5 Å². The Labute approximate surface area is 104 Å². The third-order valence-electron chi connectivity index (χ3n) is 3.21. The molecule has 0 spiro atoms. The van der Waals surface area contributed by atoms with Crippen LogP contribution in [0.2, 0.25) is 0 Å². The Balaban J connectivity index is 2.60. The van der Waals surface area contributed by atoms with Gasteiger partial charge in [-0.1, -0.05) is 6.92 Å². The van der Waals surface area contributed by atoms with Gasteiger partial charge in [0.25, 0.3) is 0 Å². The van der Waals surface area contributed by atoms with Crippen molar-refractivity contribution in [3.8, 4) is 0 Å². The summed E-state index contributed by atoms with van der Waals surface area (Å²) in [6.07, 6.45) is 3.78. The first-order valence-electron chi connectivity index (χ1n) is 5.95. The Kier molecular flexibility index (Phi) is 5.61. The van der Waals surface area contributed by atoms with Gasteiger partial charge in [-0.2, -0.15) is 0 Å². The second kappa shape index (κ2) is 6.74. The van der Waals surface area contributed by atoms with Gasteiger partial charge in [-0.05, 0) is 13.0 Å². The van der Waals surface area contributed by atoms with Crippen molar-refractivity contribution < 1.29 is 4.74 Å². The maximum atomic E-state index is 5.85. The number of imidazole rings is 1. The Hall–Kier alpha value is -0.910. The zero-order valence-corrected chi connectivity index (χ0v) is 11.3. The molecular formula is C12H24N4O. The summed E-state index contributed by atoms with van der Waals surface area (Å²) in [4.78, 5) is 6.57. The van der Waals surface area contributed by atoms with Gasteiger partial charge >= 0.3 is 0 Å². The van der Waals surface area contributed by atoms with Gasteiger partial charge in [0.1, 0.15) is 5.82 Å². The molecule has 1 rings (SSSR count). The van der Waals surface area contributed by atoms with Crippen LogP contribution in [0.5, 0.6) is 0 Å². The molecule has 0 aromatic carbocycles. The van der Waals surface area contributed by atoms with Gasteiger partial charge in [-0.3, -0.25) is 4.90 Å². The molecule has 5 nitrogen and oxygen atoms in total. The molecule has 5 heteroatoms. The first-order chi connectivity index (χ1) is 8.10. The molecule has 0 radical (unpaired) electrons. The normalized spacial score (nSPS) is 15.2. The minimum absolute atomic E-state index is 0.312. The van der Waals surface area contributed by atoms with E-state index in [4.69, 9.17) is 10.5 Å². The molecule has 0 bridgehead atoms. The molecule has 2 unspecified atom stereocenters. The van der Waals surface area contributed by atoms with Crippen LogP contribution < -0.4 is 5.73 Å². The van der Waals surface area contributed by atoms with Crippen LogP contribution in [0.25, 0.3) is 0 Å². The molecule has 0 aliphatic rings. The van der Waals surface area contributed by atoms with Gasteiger partial charge in [0.05, 0.1) is 13.2 Å². The fourth-order valence-corrected chi connectivity index (χ4v) is 2.11. The third-order valence-corrected chi connectivity index (χ3v) is 3.21. The van der Waals surface area contributed by atoms with Crippen LogP contribution in [-0.4, -0.2) is 47.8 Å². The second-order valence-electron chi connectivity index (χ2n) is 4.61. The molecule has 0 amide bonds. The number of hydrogen-bond acceptors (Lipinski definition) is 4. The quantitative estimate of drug-likeness (QED) is 0.752. The van der Waals surface area contributed by atoms with Gasteiger partial charge in [0, 0.05) is 39.1 Å². The van der Waals surface area contributed by atoms with Crippen molar-refractivity contribution in [2.24, 2.45) is 18.7 Å². The van der Waals surface area contributed by atoms with Crippen LogP contribution in [0.3, 0.4) is 0 Å². The zero-order chi connectivity index (χ0) is 12.8. The second-order valence-corrected chi connectivity index (χ2v) is 4.61. The van der Waals surface area contributed by atoms with Crippen molar-refractivity contribution in [3.63, 3.8) is 0 Å². The van der Waals surface area contributed by atoms with E-state index in [2.05, 4.69) is 23.9 Å².